The highest BCUT2D eigenvalue weighted by Gasteiger charge is 2.14. The number of hydrogen-bond acceptors (Lipinski definition) is 6. The molecule has 1 amide bonds. The highest BCUT2D eigenvalue weighted by Crippen LogP contribution is 2.22. The molecule has 0 unspecified atom stereocenters. The van der Waals surface area contributed by atoms with Crippen molar-refractivity contribution in [2.24, 2.45) is 5.84 Å². The Morgan fingerprint density at radius 2 is 1.89 bits per heavy atom. The number of amides is 1. The molecular formula is C27H32N7O+. The van der Waals surface area contributed by atoms with Crippen LogP contribution in [0.1, 0.15) is 22.3 Å². The molecule has 0 aliphatic heterocycles. The molecule has 0 fully saturated rings. The number of hydrogen-bond donors (Lipinski definition) is 4. The van der Waals surface area contributed by atoms with Crippen LogP contribution in [-0.2, 0) is 6.54 Å². The smallest absolute Gasteiger partial charge is 0.298 e. The number of H-pyrrole nitrogens is 1. The molecule has 8 heteroatoms. The van der Waals surface area contributed by atoms with E-state index >= 15 is 0 Å². The Bertz CT molecular complexity index is 1290. The first-order valence-corrected chi connectivity index (χ1v) is 11.7. The number of fused-ring (bicyclic) bond motifs is 1. The van der Waals surface area contributed by atoms with Gasteiger partial charge in [-0.1, -0.05) is 12.1 Å². The lowest BCUT2D eigenvalue weighted by molar-refractivity contribution is -0.347. The first-order chi connectivity index (χ1) is 17.0. The Labute approximate surface area is 205 Å². The molecule has 0 atom stereocenters. The second kappa shape index (κ2) is 11.4. The van der Waals surface area contributed by atoms with Gasteiger partial charge in [-0.3, -0.25) is 20.9 Å². The fourth-order valence-electron chi connectivity index (χ4n) is 3.85. The third-order valence-corrected chi connectivity index (χ3v) is 5.76. The van der Waals surface area contributed by atoms with Crippen LogP contribution in [0.4, 0.5) is 11.5 Å². The molecule has 180 valence electrons. The minimum absolute atomic E-state index is 0.0603. The van der Waals surface area contributed by atoms with Crippen LogP contribution in [0.3, 0.4) is 0 Å². The lowest BCUT2D eigenvalue weighted by Crippen LogP contribution is -2.27. The van der Waals surface area contributed by atoms with Gasteiger partial charge in [0.15, 0.2) is 0 Å². The second-order valence-electron chi connectivity index (χ2n) is 8.68. The number of pyridine rings is 2. The Balaban J connectivity index is 1.44. The molecule has 6 N–H and O–H groups in total. The monoisotopic (exact) mass is 470 g/mol. The topological polar surface area (TPSA) is 109 Å². The Morgan fingerprint density at radius 3 is 2.66 bits per heavy atom. The number of hydrazine groups is 1. The highest BCUT2D eigenvalue weighted by atomic mass is 16.1. The maximum absolute atomic E-state index is 12.4. The third kappa shape index (κ3) is 6.32. The van der Waals surface area contributed by atoms with E-state index in [2.05, 4.69) is 49.1 Å². The van der Waals surface area contributed by atoms with Crippen molar-refractivity contribution in [2.75, 3.05) is 37.9 Å². The average Bonchev–Trinajstić information content (AvgIpc) is 2.89. The van der Waals surface area contributed by atoms with E-state index in [9.17, 15) is 4.79 Å². The number of nitrogens with zero attached hydrogens (tertiary/aromatic N) is 2. The van der Waals surface area contributed by atoms with E-state index < -0.39 is 0 Å². The summed E-state index contributed by atoms with van der Waals surface area (Å²) in [5.41, 5.74) is 8.12. The Hall–Kier alpha value is -4.01. The Kier molecular flexibility index (Phi) is 7.87. The van der Waals surface area contributed by atoms with Gasteiger partial charge in [0.1, 0.15) is 17.9 Å². The maximum Gasteiger partial charge on any atom is 0.298 e. The van der Waals surface area contributed by atoms with Crippen molar-refractivity contribution in [3.8, 4) is 11.3 Å². The van der Waals surface area contributed by atoms with Gasteiger partial charge in [-0.05, 0) is 87.2 Å². The molecule has 0 radical (unpaired) electrons. The van der Waals surface area contributed by atoms with Crippen LogP contribution >= 0.6 is 0 Å². The fraction of sp³-hybridized carbons (Fsp3) is 0.222. The van der Waals surface area contributed by atoms with Crippen LogP contribution < -0.4 is 26.9 Å². The summed E-state index contributed by atoms with van der Waals surface area (Å²) in [5, 5.41) is 7.51. The number of benzene rings is 2. The quantitative estimate of drug-likeness (QED) is 0.161. The number of nitrogens with two attached hydrogens (primary N) is 1. The lowest BCUT2D eigenvalue weighted by Gasteiger charge is -2.10. The first-order valence-electron chi connectivity index (χ1n) is 11.7. The standard InChI is InChI=1S/C27H31N7O/c1-34(2)16-4-15-30-27(35)21-9-7-20(8-10-21)24-12-13-25(33-28)26(32-24)31-18-19-6-11-23-22(17-19)5-3-14-29-23/h3,5-14,17,33H,4,15-16,18,28H2,1-2H3,(H,30,35)(H,31,32)/p+1. The van der Waals surface area contributed by atoms with Crippen molar-refractivity contribution in [3.05, 3.63) is 84.1 Å². The van der Waals surface area contributed by atoms with E-state index in [-0.39, 0.29) is 5.91 Å². The van der Waals surface area contributed by atoms with Gasteiger partial charge in [-0.15, -0.1) is 0 Å². The van der Waals surface area contributed by atoms with E-state index in [1.54, 1.807) is 6.20 Å². The molecule has 2 heterocycles. The van der Waals surface area contributed by atoms with Gasteiger partial charge in [0.25, 0.3) is 11.7 Å². The zero-order valence-corrected chi connectivity index (χ0v) is 20.1. The summed E-state index contributed by atoms with van der Waals surface area (Å²) in [6.07, 6.45) is 2.71. The summed E-state index contributed by atoms with van der Waals surface area (Å²) < 4.78 is 0. The maximum atomic E-state index is 12.4. The first kappa shape index (κ1) is 24.1. The van der Waals surface area contributed by atoms with Crippen molar-refractivity contribution < 1.29 is 9.78 Å². The normalized spacial score (nSPS) is 11.0. The molecule has 0 spiro atoms. The zero-order chi connectivity index (χ0) is 24.6. The largest absolute Gasteiger partial charge is 0.352 e. The van der Waals surface area contributed by atoms with Crippen molar-refractivity contribution in [3.63, 3.8) is 0 Å². The molecule has 0 aliphatic carbocycles. The van der Waals surface area contributed by atoms with Gasteiger partial charge in [0.2, 0.25) is 0 Å². The van der Waals surface area contributed by atoms with Crippen LogP contribution in [0.2, 0.25) is 0 Å². The predicted molar refractivity (Wildman–Crippen MR) is 141 cm³/mol. The number of nitrogen functional groups attached to an aromatic ring is 1. The van der Waals surface area contributed by atoms with Crippen LogP contribution in [0.25, 0.3) is 22.2 Å². The summed E-state index contributed by atoms with van der Waals surface area (Å²) in [6.45, 7) is 2.21. The number of aromatic amines is 1. The van der Waals surface area contributed by atoms with Crippen LogP contribution in [0.5, 0.6) is 0 Å². The van der Waals surface area contributed by atoms with E-state index in [1.807, 2.05) is 62.6 Å². The molecular weight excluding hydrogens is 438 g/mol. The summed E-state index contributed by atoms with van der Waals surface area (Å²) in [6, 6.07) is 21.6. The number of anilines is 2. The van der Waals surface area contributed by atoms with Crippen LogP contribution in [0.15, 0.2) is 72.9 Å². The minimum Gasteiger partial charge on any atom is -0.352 e. The summed E-state index contributed by atoms with van der Waals surface area (Å²) in [5.74, 6) is 6.45. The van der Waals surface area contributed by atoms with Gasteiger partial charge in [-0.25, -0.2) is 4.98 Å². The number of carbonyl (C=O) groups excluding carboxylic acids is 1. The van der Waals surface area contributed by atoms with E-state index in [1.165, 1.54) is 0 Å². The molecule has 0 bridgehead atoms. The van der Waals surface area contributed by atoms with Crippen LogP contribution in [-0.4, -0.2) is 43.0 Å². The van der Waals surface area contributed by atoms with Crippen molar-refractivity contribution in [1.29, 1.82) is 0 Å². The summed E-state index contributed by atoms with van der Waals surface area (Å²) >= 11 is 0. The molecule has 35 heavy (non-hydrogen) atoms. The predicted octanol–water partition coefficient (Wildman–Crippen LogP) is 3.30. The molecule has 2 aromatic carbocycles. The van der Waals surface area contributed by atoms with Gasteiger partial charge in [0.05, 0.1) is 5.52 Å². The number of aromatic nitrogens is 2. The molecule has 8 nitrogen and oxygen atoms in total. The minimum atomic E-state index is -0.0603. The van der Waals surface area contributed by atoms with Crippen LogP contribution in [0, 0.1) is 0 Å². The van der Waals surface area contributed by atoms with Gasteiger partial charge < -0.3 is 15.6 Å². The number of rotatable bonds is 10. The SMILES string of the molecule is CN(C)CCCNC(=O)c1ccc(-c2ccc(NN)c(NCc3ccc4ncccc4c3)[nH+]2)cc1. The fourth-order valence-corrected chi connectivity index (χ4v) is 3.85. The molecule has 4 aromatic rings. The Morgan fingerprint density at radius 1 is 1.06 bits per heavy atom. The lowest BCUT2D eigenvalue weighted by atomic mass is 10.1. The average molecular weight is 471 g/mol. The van der Waals surface area contributed by atoms with E-state index in [0.29, 0.717) is 18.7 Å². The van der Waals surface area contributed by atoms with Gasteiger partial charge in [0, 0.05) is 29.3 Å². The van der Waals surface area contributed by atoms with Crippen molar-refractivity contribution in [1.82, 2.24) is 15.2 Å². The molecule has 0 aliphatic rings. The number of carbonyl (C=O) groups is 1. The van der Waals surface area contributed by atoms with Gasteiger partial charge >= 0.3 is 0 Å². The van der Waals surface area contributed by atoms with E-state index in [0.717, 1.165) is 52.2 Å². The van der Waals surface area contributed by atoms with Crippen molar-refractivity contribution in [2.45, 2.75) is 13.0 Å². The van der Waals surface area contributed by atoms with Gasteiger partial charge in [-0.2, -0.15) is 0 Å². The molecule has 2 aromatic heterocycles. The number of nitrogens with one attached hydrogen (secondary N) is 4. The summed E-state index contributed by atoms with van der Waals surface area (Å²) in [4.78, 5) is 22.3. The molecule has 0 saturated carbocycles. The molecule has 0 saturated heterocycles. The second-order valence-corrected chi connectivity index (χ2v) is 8.68. The zero-order valence-electron chi connectivity index (χ0n) is 20.1. The summed E-state index contributed by atoms with van der Waals surface area (Å²) in [7, 11) is 4.05. The highest BCUT2D eigenvalue weighted by molar-refractivity contribution is 5.94. The molecule has 4 rings (SSSR count). The third-order valence-electron chi connectivity index (χ3n) is 5.76. The van der Waals surface area contributed by atoms with Crippen molar-refractivity contribution >= 4 is 28.3 Å². The van der Waals surface area contributed by atoms with E-state index in [4.69, 9.17) is 5.84 Å².